The first-order valence-electron chi connectivity index (χ1n) is 19.7. The number of esters is 4. The highest BCUT2D eigenvalue weighted by Gasteiger charge is 2.54. The van der Waals surface area contributed by atoms with Crippen LogP contribution in [0.15, 0.2) is 0 Å². The summed E-state index contributed by atoms with van der Waals surface area (Å²) in [5.41, 5.74) is 0. The van der Waals surface area contributed by atoms with Gasteiger partial charge < -0.3 is 54.0 Å². The largest absolute Gasteiger partial charge is 0.463 e. The quantitative estimate of drug-likeness (QED) is 0.0319. The molecule has 3 unspecified atom stereocenters. The van der Waals surface area contributed by atoms with Crippen molar-refractivity contribution in [2.45, 2.75) is 199 Å². The molecule has 0 amide bonds. The normalized spacial score (nSPS) is 23.4. The van der Waals surface area contributed by atoms with Crippen molar-refractivity contribution in [3.63, 3.8) is 0 Å². The van der Waals surface area contributed by atoms with Crippen molar-refractivity contribution in [3.05, 3.63) is 0 Å². The topological polar surface area (TPSA) is 225 Å². The van der Waals surface area contributed by atoms with Gasteiger partial charge in [0.1, 0.15) is 31.0 Å². The fourth-order valence-corrected chi connectivity index (χ4v) is 5.45. The van der Waals surface area contributed by atoms with E-state index in [1.54, 1.807) is 0 Å². The summed E-state index contributed by atoms with van der Waals surface area (Å²) in [5, 5.41) is 50.7. The second kappa shape index (κ2) is 28.1. The maximum absolute atomic E-state index is 13.4. The zero-order valence-corrected chi connectivity index (χ0v) is 31.5. The molecule has 0 saturated carbocycles. The Morgan fingerprint density at radius 2 is 1.10 bits per heavy atom. The molecule has 304 valence electrons. The Balaban J connectivity index is 3.67. The van der Waals surface area contributed by atoms with Crippen LogP contribution in [0.3, 0.4) is 0 Å². The van der Waals surface area contributed by atoms with E-state index in [2.05, 4.69) is 0 Å². The van der Waals surface area contributed by atoms with Crippen LogP contribution in [0.2, 0.25) is 0 Å². The second-order valence-corrected chi connectivity index (χ2v) is 13.2. The average Bonchev–Trinajstić information content (AvgIpc) is 3.13. The van der Waals surface area contributed by atoms with Crippen LogP contribution in [0.1, 0.15) is 145 Å². The van der Waals surface area contributed by atoms with Gasteiger partial charge in [-0.05, 0) is 25.7 Å². The summed E-state index contributed by atoms with van der Waals surface area (Å²) in [7, 11) is 0. The van der Waals surface area contributed by atoms with E-state index in [1.807, 2.05) is 27.7 Å². The highest BCUT2D eigenvalue weighted by Crippen LogP contribution is 2.32. The van der Waals surface area contributed by atoms with E-state index in [0.717, 1.165) is 51.4 Å². The predicted molar refractivity (Wildman–Crippen MR) is 187 cm³/mol. The van der Waals surface area contributed by atoms with Gasteiger partial charge in [-0.1, -0.05) is 91.9 Å². The van der Waals surface area contributed by atoms with E-state index >= 15 is 0 Å². The molecule has 0 aromatic carbocycles. The molecule has 1 aliphatic heterocycles. The van der Waals surface area contributed by atoms with Crippen LogP contribution in [0.25, 0.3) is 0 Å². The highest BCUT2D eigenvalue weighted by molar-refractivity contribution is 5.72. The Morgan fingerprint density at radius 3 is 1.63 bits per heavy atom. The van der Waals surface area contributed by atoms with E-state index in [0.29, 0.717) is 32.1 Å². The zero-order valence-electron chi connectivity index (χ0n) is 32.5. The first-order valence-corrected chi connectivity index (χ1v) is 19.2. The van der Waals surface area contributed by atoms with Crippen molar-refractivity contribution in [1.29, 1.82) is 0 Å². The first kappa shape index (κ1) is 45.8. The molecule has 0 radical (unpaired) electrons. The number of hydrogen-bond acceptors (Lipinski definition) is 15. The molecule has 0 aliphatic carbocycles. The molecule has 1 aliphatic rings. The molecule has 52 heavy (non-hydrogen) atoms. The number of carbonyl (C=O) groups excluding carboxylic acids is 4. The van der Waals surface area contributed by atoms with Gasteiger partial charge in [-0.15, -0.1) is 0 Å². The van der Waals surface area contributed by atoms with Crippen molar-refractivity contribution in [1.82, 2.24) is 0 Å². The summed E-state index contributed by atoms with van der Waals surface area (Å²) in [6, 6.07) is 0. The van der Waals surface area contributed by atoms with Gasteiger partial charge in [-0.3, -0.25) is 19.2 Å². The minimum Gasteiger partial charge on any atom is -0.463 e. The Labute approximate surface area is 310 Å². The number of ether oxygens (including phenoxy) is 6. The third kappa shape index (κ3) is 18.6. The number of rotatable bonds is 29. The summed E-state index contributed by atoms with van der Waals surface area (Å²) in [5.74, 6) is -3.11. The monoisotopic (exact) mass is 751 g/mol. The fourth-order valence-electron chi connectivity index (χ4n) is 5.45. The summed E-state index contributed by atoms with van der Waals surface area (Å²) >= 11 is 0. The van der Waals surface area contributed by atoms with Crippen LogP contribution in [0.5, 0.6) is 0 Å². The predicted octanol–water partition coefficient (Wildman–Crippen LogP) is 3.50. The minimum atomic E-state index is -2.36. The summed E-state index contributed by atoms with van der Waals surface area (Å²) in [6.45, 7) is 6.36. The van der Waals surface area contributed by atoms with E-state index < -0.39 is 98.8 Å². The highest BCUT2D eigenvalue weighted by atomic mass is 16.8. The lowest BCUT2D eigenvalue weighted by Gasteiger charge is -2.45. The maximum Gasteiger partial charge on any atom is 0.306 e. The molecule has 15 nitrogen and oxygen atoms in total. The lowest BCUT2D eigenvalue weighted by Crippen LogP contribution is -2.64. The van der Waals surface area contributed by atoms with Gasteiger partial charge >= 0.3 is 23.9 Å². The number of aliphatic hydroxyl groups excluding tert-OH is 5. The summed E-state index contributed by atoms with van der Waals surface area (Å²) in [6.07, 6.45) is -8.88. The molecule has 0 spiro atoms. The fraction of sp³-hybridized carbons (Fsp3) is 0.892. The Bertz CT molecular complexity index is 1030. The molecule has 1 rings (SSSR count). The van der Waals surface area contributed by atoms with E-state index in [-0.39, 0.29) is 25.7 Å². The van der Waals surface area contributed by atoms with Crippen LogP contribution in [0.4, 0.5) is 0 Å². The first-order chi connectivity index (χ1) is 25.3. The van der Waals surface area contributed by atoms with Crippen LogP contribution >= 0.6 is 0 Å². The van der Waals surface area contributed by atoms with Gasteiger partial charge in [0.25, 0.3) is 0 Å². The van der Waals surface area contributed by atoms with Crippen molar-refractivity contribution in [3.8, 4) is 0 Å². The second-order valence-electron chi connectivity index (χ2n) is 13.2. The molecule has 1 heterocycles. The van der Waals surface area contributed by atoms with Crippen LogP contribution < -0.4 is 0 Å². The number of hydrogen-bond donors (Lipinski definition) is 5. The Morgan fingerprint density at radius 1 is 0.615 bits per heavy atom. The van der Waals surface area contributed by atoms with Gasteiger partial charge in [-0.2, -0.15) is 0 Å². The van der Waals surface area contributed by atoms with Crippen molar-refractivity contribution in [2.24, 2.45) is 0 Å². The van der Waals surface area contributed by atoms with Gasteiger partial charge in [0, 0.05) is 27.0 Å². The SMILES string of the molecule is [2H]C(CCCCCC)C(=O)O[C@@H]1C(OC(O)[C@H](O)[C@@H](O)[C@H](O)CO)O[C@H](COC(=O)CCCCC)[C@@H](OC(=O)CCCCC)[C@@H]1OC(=O)CCCCC. The molecule has 0 aromatic rings. The van der Waals surface area contributed by atoms with Crippen LogP contribution in [-0.4, -0.2) is 118 Å². The molecule has 1 fully saturated rings. The molecule has 5 N–H and O–H groups in total. The van der Waals surface area contributed by atoms with Crippen LogP contribution in [-0.2, 0) is 47.6 Å². The molecule has 10 atom stereocenters. The third-order valence-corrected chi connectivity index (χ3v) is 8.61. The van der Waals surface area contributed by atoms with Gasteiger partial charge in [0.15, 0.2) is 24.6 Å². The lowest BCUT2D eigenvalue weighted by molar-refractivity contribution is -0.349. The zero-order chi connectivity index (χ0) is 39.8. The van der Waals surface area contributed by atoms with Crippen molar-refractivity contribution < 1.29 is 74.5 Å². The smallest absolute Gasteiger partial charge is 0.306 e. The third-order valence-electron chi connectivity index (χ3n) is 8.61. The van der Waals surface area contributed by atoms with Gasteiger partial charge in [0.2, 0.25) is 6.29 Å². The maximum atomic E-state index is 13.4. The summed E-state index contributed by atoms with van der Waals surface area (Å²) < 4.78 is 42.9. The Hall–Kier alpha value is -2.40. The molecular weight excluding hydrogens is 684 g/mol. The number of unbranched alkanes of at least 4 members (excludes halogenated alkanes) is 9. The average molecular weight is 752 g/mol. The van der Waals surface area contributed by atoms with E-state index in [4.69, 9.17) is 29.8 Å². The minimum absolute atomic E-state index is 0.0159. The Kier molecular flexibility index (Phi) is 24.7. The van der Waals surface area contributed by atoms with E-state index in [9.17, 15) is 44.7 Å². The number of carbonyl (C=O) groups is 4. The molecular formula is C37H66O15. The molecule has 0 bridgehead atoms. The summed E-state index contributed by atoms with van der Waals surface area (Å²) in [4.78, 5) is 52.5. The van der Waals surface area contributed by atoms with Gasteiger partial charge in [-0.25, -0.2) is 0 Å². The standard InChI is InChI=1S/C37H66O15/c1-5-9-13-14-18-22-30(43)51-35-34(50-29(42)21-17-12-8-4)33(49-28(41)20-16-11-7-3)26(24-47-27(40)19-15-10-6-2)48-37(35)52-36(46)32(45)31(44)25(39)23-38/h25-26,31-39,44-46H,5-24H2,1-4H3/t25-,26-,31+,32-,33-,34+,35+,36?,37?/m1/s1/i22D/t22?,25-,26-,31+,32-,33-,34+,35+,36?,37?. The van der Waals surface area contributed by atoms with Gasteiger partial charge in [0.05, 0.1) is 6.61 Å². The number of aliphatic hydroxyl groups is 5. The van der Waals surface area contributed by atoms with Crippen molar-refractivity contribution >= 4 is 23.9 Å². The molecule has 15 heteroatoms. The molecule has 1 saturated heterocycles. The van der Waals surface area contributed by atoms with Crippen molar-refractivity contribution in [2.75, 3.05) is 13.2 Å². The lowest BCUT2D eigenvalue weighted by atomic mass is 9.97. The van der Waals surface area contributed by atoms with Crippen LogP contribution in [0, 0.1) is 0 Å². The van der Waals surface area contributed by atoms with E-state index in [1.165, 1.54) is 0 Å². The molecule has 0 aromatic heterocycles.